The van der Waals surface area contributed by atoms with Crippen molar-refractivity contribution in [1.82, 2.24) is 4.90 Å². The Morgan fingerprint density at radius 2 is 1.68 bits per heavy atom. The molecule has 1 amide bonds. The van der Waals surface area contributed by atoms with Gasteiger partial charge in [-0.2, -0.15) is 0 Å². The van der Waals surface area contributed by atoms with Crippen LogP contribution in [0.15, 0.2) is 71.6 Å². The number of hydrogen-bond acceptors (Lipinski definition) is 4. The van der Waals surface area contributed by atoms with Crippen molar-refractivity contribution in [3.05, 3.63) is 89.0 Å². The summed E-state index contributed by atoms with van der Waals surface area (Å²) in [6, 6.07) is 20.0. The fraction of sp³-hybridized carbons (Fsp3) is 0.296. The molecule has 0 atom stereocenters. The summed E-state index contributed by atoms with van der Waals surface area (Å²) in [5, 5.41) is 0. The average molecular weight is 479 g/mol. The van der Waals surface area contributed by atoms with E-state index in [1.807, 2.05) is 43.0 Å². The highest BCUT2D eigenvalue weighted by molar-refractivity contribution is 7.92. The van der Waals surface area contributed by atoms with E-state index < -0.39 is 10.0 Å². The van der Waals surface area contributed by atoms with Crippen molar-refractivity contribution >= 4 is 21.6 Å². The van der Waals surface area contributed by atoms with E-state index in [0.717, 1.165) is 24.0 Å². The summed E-state index contributed by atoms with van der Waals surface area (Å²) in [5.41, 5.74) is 3.81. The van der Waals surface area contributed by atoms with Gasteiger partial charge in [0.1, 0.15) is 5.75 Å². The van der Waals surface area contributed by atoms with E-state index in [1.165, 1.54) is 30.1 Å². The summed E-state index contributed by atoms with van der Waals surface area (Å²) in [7, 11) is -0.918. The minimum Gasteiger partial charge on any atom is -0.495 e. The van der Waals surface area contributed by atoms with Crippen LogP contribution < -0.4 is 9.04 Å². The highest BCUT2D eigenvalue weighted by atomic mass is 32.2. The molecule has 0 N–H and O–H groups in total. The van der Waals surface area contributed by atoms with E-state index in [1.54, 1.807) is 36.4 Å². The zero-order chi connectivity index (χ0) is 24.5. The number of hydrogen-bond donors (Lipinski definition) is 0. The molecule has 0 saturated heterocycles. The van der Waals surface area contributed by atoms with E-state index in [0.29, 0.717) is 23.5 Å². The number of rotatable bonds is 8. The zero-order valence-electron chi connectivity index (χ0n) is 20.0. The molecule has 1 saturated carbocycles. The molecule has 7 heteroatoms. The van der Waals surface area contributed by atoms with Crippen molar-refractivity contribution in [3.63, 3.8) is 0 Å². The maximum atomic E-state index is 13.6. The number of benzene rings is 3. The lowest BCUT2D eigenvalue weighted by Crippen LogP contribution is -2.33. The Labute approximate surface area is 201 Å². The monoisotopic (exact) mass is 478 g/mol. The van der Waals surface area contributed by atoms with E-state index in [4.69, 9.17) is 4.74 Å². The number of carbonyl (C=O) groups excluding carboxylic acids is 1. The molecule has 1 fully saturated rings. The Morgan fingerprint density at radius 3 is 2.32 bits per heavy atom. The Kier molecular flexibility index (Phi) is 6.66. The summed E-state index contributed by atoms with van der Waals surface area (Å²) in [4.78, 5) is 15.6. The largest absolute Gasteiger partial charge is 0.495 e. The number of sulfonamides is 1. The summed E-state index contributed by atoms with van der Waals surface area (Å²) in [6.07, 6.45) is 1.93. The third kappa shape index (κ3) is 4.80. The summed E-state index contributed by atoms with van der Waals surface area (Å²) in [6.45, 7) is 4.37. The molecule has 0 radical (unpaired) electrons. The minimum absolute atomic E-state index is 0.0703. The number of anilines is 1. The second kappa shape index (κ2) is 9.50. The van der Waals surface area contributed by atoms with Gasteiger partial charge in [0, 0.05) is 25.2 Å². The van der Waals surface area contributed by atoms with Crippen LogP contribution in [0.4, 0.5) is 5.69 Å². The zero-order valence-corrected chi connectivity index (χ0v) is 20.8. The van der Waals surface area contributed by atoms with Crippen molar-refractivity contribution in [2.75, 3.05) is 18.5 Å². The van der Waals surface area contributed by atoms with Crippen molar-refractivity contribution in [1.29, 1.82) is 0 Å². The lowest BCUT2D eigenvalue weighted by molar-refractivity contribution is 0.0729. The molecule has 0 aromatic heterocycles. The van der Waals surface area contributed by atoms with Crippen LogP contribution in [0.2, 0.25) is 0 Å². The smallest absolute Gasteiger partial charge is 0.264 e. The van der Waals surface area contributed by atoms with Crippen LogP contribution in [0.25, 0.3) is 0 Å². The first-order valence-corrected chi connectivity index (χ1v) is 12.8. The first kappa shape index (κ1) is 23.8. The molecule has 0 unspecified atom stereocenters. The molecule has 1 aliphatic rings. The van der Waals surface area contributed by atoms with Crippen LogP contribution in [0.1, 0.15) is 39.9 Å². The second-order valence-electron chi connectivity index (χ2n) is 8.77. The molecule has 0 aliphatic heterocycles. The second-order valence-corrected chi connectivity index (χ2v) is 10.7. The lowest BCUT2D eigenvalue weighted by atomic mass is 10.1. The van der Waals surface area contributed by atoms with Gasteiger partial charge in [0.25, 0.3) is 15.9 Å². The lowest BCUT2D eigenvalue weighted by Gasteiger charge is -2.25. The van der Waals surface area contributed by atoms with Gasteiger partial charge in [-0.25, -0.2) is 8.42 Å². The Bertz CT molecular complexity index is 1300. The average Bonchev–Trinajstić information content (AvgIpc) is 3.68. The molecular formula is C27H30N2O4S. The standard InChI is InChI=1S/C27H30N2O4S/c1-19-9-12-21(13-10-19)18-29(22-14-15-22)27(30)24-17-23(16-11-20(24)2)34(31,32)28(3)25-7-5-6-8-26(25)33-4/h5-13,16-17,22H,14-15,18H2,1-4H3. The predicted octanol–water partition coefficient (Wildman–Crippen LogP) is 4.94. The first-order chi connectivity index (χ1) is 16.2. The quantitative estimate of drug-likeness (QED) is 0.460. The maximum absolute atomic E-state index is 13.6. The summed E-state index contributed by atoms with van der Waals surface area (Å²) in [5.74, 6) is 0.313. The van der Waals surface area contributed by atoms with E-state index in [2.05, 4.69) is 0 Å². The molecule has 4 rings (SSSR count). The van der Waals surface area contributed by atoms with Crippen LogP contribution >= 0.6 is 0 Å². The van der Waals surface area contributed by atoms with Crippen LogP contribution in [-0.2, 0) is 16.6 Å². The van der Waals surface area contributed by atoms with Crippen LogP contribution in [0.5, 0.6) is 5.75 Å². The highest BCUT2D eigenvalue weighted by Crippen LogP contribution is 2.33. The first-order valence-electron chi connectivity index (χ1n) is 11.3. The van der Waals surface area contributed by atoms with Gasteiger partial charge < -0.3 is 9.64 Å². The molecule has 3 aromatic rings. The van der Waals surface area contributed by atoms with Gasteiger partial charge >= 0.3 is 0 Å². The van der Waals surface area contributed by atoms with Crippen molar-refractivity contribution < 1.29 is 17.9 Å². The molecule has 0 heterocycles. The van der Waals surface area contributed by atoms with Gasteiger partial charge in [-0.1, -0.05) is 48.0 Å². The third-order valence-electron chi connectivity index (χ3n) is 6.24. The molecule has 6 nitrogen and oxygen atoms in total. The van der Waals surface area contributed by atoms with Gasteiger partial charge in [-0.3, -0.25) is 9.10 Å². The van der Waals surface area contributed by atoms with Gasteiger partial charge in [0.05, 0.1) is 17.7 Å². The third-order valence-corrected chi connectivity index (χ3v) is 8.01. The number of aryl methyl sites for hydroxylation is 2. The van der Waals surface area contributed by atoms with Crippen molar-refractivity contribution in [2.45, 2.75) is 44.2 Å². The number of amides is 1. The number of para-hydroxylation sites is 2. The Morgan fingerprint density at radius 1 is 1.00 bits per heavy atom. The van der Waals surface area contributed by atoms with Crippen LogP contribution in [-0.4, -0.2) is 39.4 Å². The Hall–Kier alpha value is -3.32. The fourth-order valence-corrected chi connectivity index (χ4v) is 5.20. The fourth-order valence-electron chi connectivity index (χ4n) is 3.97. The highest BCUT2D eigenvalue weighted by Gasteiger charge is 2.34. The molecule has 34 heavy (non-hydrogen) atoms. The van der Waals surface area contributed by atoms with E-state index in [9.17, 15) is 13.2 Å². The van der Waals surface area contributed by atoms with Crippen LogP contribution in [0.3, 0.4) is 0 Å². The molecule has 0 spiro atoms. The number of ether oxygens (including phenoxy) is 1. The number of methoxy groups -OCH3 is 1. The van der Waals surface area contributed by atoms with Gasteiger partial charge in [0.15, 0.2) is 0 Å². The van der Waals surface area contributed by atoms with Gasteiger partial charge in [-0.15, -0.1) is 0 Å². The summed E-state index contributed by atoms with van der Waals surface area (Å²) >= 11 is 0. The predicted molar refractivity (Wildman–Crippen MR) is 134 cm³/mol. The summed E-state index contributed by atoms with van der Waals surface area (Å²) < 4.78 is 33.5. The number of nitrogens with zero attached hydrogens (tertiary/aromatic N) is 2. The van der Waals surface area contributed by atoms with Gasteiger partial charge in [0.2, 0.25) is 0 Å². The van der Waals surface area contributed by atoms with Crippen LogP contribution in [0, 0.1) is 13.8 Å². The molecule has 3 aromatic carbocycles. The normalized spacial score (nSPS) is 13.4. The van der Waals surface area contributed by atoms with Crippen molar-refractivity contribution in [2.24, 2.45) is 0 Å². The molecule has 178 valence electrons. The molecule has 0 bridgehead atoms. The topological polar surface area (TPSA) is 66.9 Å². The molecular weight excluding hydrogens is 448 g/mol. The SMILES string of the molecule is COc1ccccc1N(C)S(=O)(=O)c1ccc(C)c(C(=O)N(Cc2ccc(C)cc2)C2CC2)c1. The van der Waals surface area contributed by atoms with Gasteiger partial charge in [-0.05, 0) is 62.1 Å². The Balaban J connectivity index is 1.66. The molecule has 1 aliphatic carbocycles. The van der Waals surface area contributed by atoms with E-state index in [-0.39, 0.29) is 16.8 Å². The van der Waals surface area contributed by atoms with Crippen molar-refractivity contribution in [3.8, 4) is 5.75 Å². The van der Waals surface area contributed by atoms with E-state index >= 15 is 0 Å². The maximum Gasteiger partial charge on any atom is 0.264 e. The number of carbonyl (C=O) groups is 1. The minimum atomic E-state index is -3.91.